The highest BCUT2D eigenvalue weighted by Crippen LogP contribution is 2.17. The van der Waals surface area contributed by atoms with Crippen LogP contribution in [0.2, 0.25) is 0 Å². The average Bonchev–Trinajstić information content (AvgIpc) is 2.64. The van der Waals surface area contributed by atoms with Crippen LogP contribution >= 0.6 is 0 Å². The Kier molecular flexibility index (Phi) is 4.87. The number of aromatic nitrogens is 1. The normalized spacial score (nSPS) is 10.3. The summed E-state index contributed by atoms with van der Waals surface area (Å²) in [5.74, 6) is 0.126. The summed E-state index contributed by atoms with van der Waals surface area (Å²) in [7, 11) is 0. The number of pyridine rings is 1. The van der Waals surface area contributed by atoms with Crippen LogP contribution in [-0.2, 0) is 6.42 Å². The van der Waals surface area contributed by atoms with E-state index < -0.39 is 0 Å². The molecule has 1 amide bonds. The summed E-state index contributed by atoms with van der Waals surface area (Å²) < 4.78 is 0. The van der Waals surface area contributed by atoms with Crippen LogP contribution in [0.1, 0.15) is 15.9 Å². The van der Waals surface area contributed by atoms with E-state index >= 15 is 0 Å². The Bertz CT molecular complexity index is 815. The average molecular weight is 318 g/mol. The highest BCUT2D eigenvalue weighted by molar-refractivity contribution is 5.95. The van der Waals surface area contributed by atoms with Crippen molar-refractivity contribution in [2.75, 3.05) is 6.54 Å². The Morgan fingerprint density at radius 3 is 2.50 bits per heavy atom. The molecule has 0 aliphatic rings. The zero-order chi connectivity index (χ0) is 16.8. The fourth-order valence-corrected chi connectivity index (χ4v) is 2.42. The van der Waals surface area contributed by atoms with Crippen LogP contribution < -0.4 is 5.32 Å². The van der Waals surface area contributed by atoms with Crippen LogP contribution in [0.15, 0.2) is 72.9 Å². The minimum absolute atomic E-state index is 0.117. The number of nitrogens with one attached hydrogen (secondary N) is 1. The third-order valence-electron chi connectivity index (χ3n) is 3.73. The molecule has 1 heterocycles. The van der Waals surface area contributed by atoms with E-state index in [1.54, 1.807) is 30.5 Å². The zero-order valence-electron chi connectivity index (χ0n) is 13.1. The van der Waals surface area contributed by atoms with E-state index in [2.05, 4.69) is 10.3 Å². The molecule has 3 aromatic rings. The molecule has 0 saturated carbocycles. The van der Waals surface area contributed by atoms with Crippen LogP contribution in [0.3, 0.4) is 0 Å². The van der Waals surface area contributed by atoms with Crippen LogP contribution in [0, 0.1) is 0 Å². The van der Waals surface area contributed by atoms with E-state index in [0.717, 1.165) is 16.8 Å². The van der Waals surface area contributed by atoms with Crippen molar-refractivity contribution in [1.82, 2.24) is 10.3 Å². The van der Waals surface area contributed by atoms with Crippen molar-refractivity contribution < 1.29 is 9.90 Å². The molecule has 0 aliphatic carbocycles. The van der Waals surface area contributed by atoms with Crippen molar-refractivity contribution in [2.24, 2.45) is 0 Å². The minimum Gasteiger partial charge on any atom is -0.508 e. The Hall–Kier alpha value is -3.14. The first-order valence-electron chi connectivity index (χ1n) is 7.80. The van der Waals surface area contributed by atoms with Crippen LogP contribution in [0.4, 0.5) is 0 Å². The van der Waals surface area contributed by atoms with Crippen molar-refractivity contribution in [3.05, 3.63) is 84.1 Å². The maximum absolute atomic E-state index is 12.3. The number of hydrogen-bond donors (Lipinski definition) is 2. The van der Waals surface area contributed by atoms with Gasteiger partial charge in [-0.15, -0.1) is 0 Å². The van der Waals surface area contributed by atoms with E-state index in [0.29, 0.717) is 18.5 Å². The molecule has 0 fully saturated rings. The number of hydrogen-bond acceptors (Lipinski definition) is 3. The van der Waals surface area contributed by atoms with Gasteiger partial charge in [-0.2, -0.15) is 0 Å². The number of aromatic hydroxyl groups is 1. The van der Waals surface area contributed by atoms with Crippen molar-refractivity contribution >= 4 is 5.91 Å². The van der Waals surface area contributed by atoms with Crippen LogP contribution in [-0.4, -0.2) is 22.5 Å². The standard InChI is InChI=1S/C20H18N2O2/c23-18-8-6-15(7-9-18)10-12-22-20(24)17-11-13-21-19(14-17)16-4-2-1-3-5-16/h1-9,11,13-14,23H,10,12H2,(H,22,24). The van der Waals surface area contributed by atoms with Crippen LogP contribution in [0.5, 0.6) is 5.75 Å². The van der Waals surface area contributed by atoms with Gasteiger partial charge in [0.15, 0.2) is 0 Å². The first-order chi connectivity index (χ1) is 11.7. The van der Waals surface area contributed by atoms with Gasteiger partial charge in [-0.05, 0) is 36.2 Å². The fraction of sp³-hybridized carbons (Fsp3) is 0.100. The highest BCUT2D eigenvalue weighted by atomic mass is 16.3. The number of phenolic OH excluding ortho intramolecular Hbond substituents is 1. The first kappa shape index (κ1) is 15.7. The fourth-order valence-electron chi connectivity index (χ4n) is 2.42. The summed E-state index contributed by atoms with van der Waals surface area (Å²) in [5, 5.41) is 12.2. The number of nitrogens with zero attached hydrogens (tertiary/aromatic N) is 1. The smallest absolute Gasteiger partial charge is 0.251 e. The highest BCUT2D eigenvalue weighted by Gasteiger charge is 2.07. The Labute approximate surface area is 140 Å². The van der Waals surface area contributed by atoms with E-state index in [4.69, 9.17) is 0 Å². The lowest BCUT2D eigenvalue weighted by Crippen LogP contribution is -2.25. The number of rotatable bonds is 5. The molecule has 24 heavy (non-hydrogen) atoms. The number of amides is 1. The largest absolute Gasteiger partial charge is 0.508 e. The second kappa shape index (κ2) is 7.42. The molecule has 4 nitrogen and oxygen atoms in total. The summed E-state index contributed by atoms with van der Waals surface area (Å²) in [4.78, 5) is 16.6. The lowest BCUT2D eigenvalue weighted by atomic mass is 10.1. The van der Waals surface area contributed by atoms with Gasteiger partial charge in [-0.25, -0.2) is 0 Å². The molecule has 4 heteroatoms. The van der Waals surface area contributed by atoms with Crippen molar-refractivity contribution in [3.63, 3.8) is 0 Å². The maximum atomic E-state index is 12.3. The van der Waals surface area contributed by atoms with E-state index in [1.807, 2.05) is 42.5 Å². The summed E-state index contributed by atoms with van der Waals surface area (Å²) in [6.07, 6.45) is 2.36. The summed E-state index contributed by atoms with van der Waals surface area (Å²) in [5.41, 5.74) is 3.42. The van der Waals surface area contributed by atoms with E-state index in [-0.39, 0.29) is 11.7 Å². The monoisotopic (exact) mass is 318 g/mol. The molecule has 1 aromatic heterocycles. The Balaban J connectivity index is 1.62. The van der Waals surface area contributed by atoms with Crippen molar-refractivity contribution in [3.8, 4) is 17.0 Å². The second-order valence-electron chi connectivity index (χ2n) is 5.47. The van der Waals surface area contributed by atoms with Gasteiger partial charge in [-0.1, -0.05) is 42.5 Å². The Morgan fingerprint density at radius 1 is 1.00 bits per heavy atom. The predicted octanol–water partition coefficient (Wildman–Crippen LogP) is 3.43. The predicted molar refractivity (Wildman–Crippen MR) is 93.8 cm³/mol. The lowest BCUT2D eigenvalue weighted by Gasteiger charge is -2.07. The van der Waals surface area contributed by atoms with Gasteiger partial charge < -0.3 is 10.4 Å². The first-order valence-corrected chi connectivity index (χ1v) is 7.80. The van der Waals surface area contributed by atoms with Gasteiger partial charge >= 0.3 is 0 Å². The van der Waals surface area contributed by atoms with Gasteiger partial charge in [0.25, 0.3) is 5.91 Å². The van der Waals surface area contributed by atoms with Gasteiger partial charge in [0.1, 0.15) is 5.75 Å². The molecule has 0 aliphatic heterocycles. The quantitative estimate of drug-likeness (QED) is 0.757. The van der Waals surface area contributed by atoms with Crippen LogP contribution in [0.25, 0.3) is 11.3 Å². The topological polar surface area (TPSA) is 62.2 Å². The number of carbonyl (C=O) groups is 1. The van der Waals surface area contributed by atoms with Crippen molar-refractivity contribution in [1.29, 1.82) is 0 Å². The van der Waals surface area contributed by atoms with Gasteiger partial charge in [0.05, 0.1) is 5.69 Å². The summed E-state index contributed by atoms with van der Waals surface area (Å²) in [6.45, 7) is 0.534. The summed E-state index contributed by atoms with van der Waals surface area (Å²) >= 11 is 0. The molecular formula is C20H18N2O2. The number of phenols is 1. The molecular weight excluding hydrogens is 300 g/mol. The SMILES string of the molecule is O=C(NCCc1ccc(O)cc1)c1ccnc(-c2ccccc2)c1. The third kappa shape index (κ3) is 3.98. The number of carbonyl (C=O) groups excluding carboxylic acids is 1. The molecule has 2 aromatic carbocycles. The molecule has 0 bridgehead atoms. The molecule has 3 rings (SSSR count). The molecule has 0 saturated heterocycles. The lowest BCUT2D eigenvalue weighted by molar-refractivity contribution is 0.0954. The molecule has 0 unspecified atom stereocenters. The number of benzene rings is 2. The van der Waals surface area contributed by atoms with E-state index in [9.17, 15) is 9.90 Å². The summed E-state index contributed by atoms with van der Waals surface area (Å²) in [6, 6.07) is 20.3. The molecule has 2 N–H and O–H groups in total. The molecule has 0 spiro atoms. The molecule has 120 valence electrons. The molecule has 0 radical (unpaired) electrons. The maximum Gasteiger partial charge on any atom is 0.251 e. The van der Waals surface area contributed by atoms with Gasteiger partial charge in [0.2, 0.25) is 0 Å². The van der Waals surface area contributed by atoms with Crippen molar-refractivity contribution in [2.45, 2.75) is 6.42 Å². The Morgan fingerprint density at radius 2 is 1.75 bits per heavy atom. The second-order valence-corrected chi connectivity index (χ2v) is 5.47. The molecule has 0 atom stereocenters. The zero-order valence-corrected chi connectivity index (χ0v) is 13.1. The van der Waals surface area contributed by atoms with Gasteiger partial charge in [-0.3, -0.25) is 9.78 Å². The minimum atomic E-state index is -0.117. The third-order valence-corrected chi connectivity index (χ3v) is 3.73. The van der Waals surface area contributed by atoms with Gasteiger partial charge in [0, 0.05) is 23.9 Å². The van der Waals surface area contributed by atoms with E-state index in [1.165, 1.54) is 0 Å².